The molecule has 0 aliphatic heterocycles. The molecule has 0 fully saturated rings. The molecule has 32 heavy (non-hydrogen) atoms. The zero-order valence-electron chi connectivity index (χ0n) is 16.3. The number of nitro groups is 2. The van der Waals surface area contributed by atoms with Crippen LogP contribution in [0.1, 0.15) is 5.56 Å². The van der Waals surface area contributed by atoms with Crippen molar-refractivity contribution in [3.05, 3.63) is 87.4 Å². The summed E-state index contributed by atoms with van der Waals surface area (Å²) in [7, 11) is 1.45. The summed E-state index contributed by atoms with van der Waals surface area (Å²) in [4.78, 5) is 20.9. The number of halogens is 3. The lowest BCUT2D eigenvalue weighted by Gasteiger charge is -2.15. The van der Waals surface area contributed by atoms with Crippen molar-refractivity contribution >= 4 is 67.2 Å². The van der Waals surface area contributed by atoms with Crippen LogP contribution in [0.5, 0.6) is 17.2 Å². The van der Waals surface area contributed by atoms with Crippen LogP contribution in [-0.4, -0.2) is 17.0 Å². The van der Waals surface area contributed by atoms with Gasteiger partial charge in [0.05, 0.1) is 31.6 Å². The smallest absolute Gasteiger partial charge is 0.318 e. The average molecular weight is 635 g/mol. The maximum Gasteiger partial charge on any atom is 0.318 e. The predicted molar refractivity (Wildman–Crippen MR) is 132 cm³/mol. The summed E-state index contributed by atoms with van der Waals surface area (Å²) < 4.78 is 12.6. The van der Waals surface area contributed by atoms with Crippen LogP contribution in [0.2, 0.25) is 5.02 Å². The Hall–Kier alpha value is -2.64. The third kappa shape index (κ3) is 5.58. The van der Waals surface area contributed by atoms with Gasteiger partial charge in [-0.1, -0.05) is 11.6 Å². The minimum absolute atomic E-state index is 0.132. The zero-order valence-corrected chi connectivity index (χ0v) is 20.8. The van der Waals surface area contributed by atoms with Crippen molar-refractivity contribution in [3.63, 3.8) is 0 Å². The number of rotatable bonds is 8. The van der Waals surface area contributed by atoms with Crippen molar-refractivity contribution in [3.8, 4) is 17.2 Å². The molecule has 3 aromatic rings. The minimum atomic E-state index is -0.733. The molecule has 3 aromatic carbocycles. The van der Waals surface area contributed by atoms with E-state index in [0.717, 1.165) is 27.9 Å². The number of benzene rings is 3. The van der Waals surface area contributed by atoms with Gasteiger partial charge in [0.15, 0.2) is 11.5 Å². The first kappa shape index (κ1) is 24.0. The van der Waals surface area contributed by atoms with E-state index in [9.17, 15) is 20.2 Å². The number of methoxy groups -OCH3 is 1. The third-order valence-corrected chi connectivity index (χ3v) is 6.30. The van der Waals surface area contributed by atoms with Crippen molar-refractivity contribution in [1.29, 1.82) is 0 Å². The Bertz CT molecular complexity index is 1210. The van der Waals surface area contributed by atoms with Crippen molar-refractivity contribution in [2.45, 2.75) is 6.54 Å². The molecule has 12 heteroatoms. The van der Waals surface area contributed by atoms with Gasteiger partial charge in [0.1, 0.15) is 0 Å². The molecule has 166 valence electrons. The summed E-state index contributed by atoms with van der Waals surface area (Å²) in [5.41, 5.74) is 0.778. The Balaban J connectivity index is 1.88. The molecule has 0 unspecified atom stereocenters. The van der Waals surface area contributed by atoms with Crippen LogP contribution in [0.15, 0.2) is 53.0 Å². The van der Waals surface area contributed by atoms with E-state index in [1.54, 1.807) is 12.1 Å². The van der Waals surface area contributed by atoms with Gasteiger partial charge in [0.25, 0.3) is 5.69 Å². The highest BCUT2D eigenvalue weighted by molar-refractivity contribution is 14.1. The molecule has 0 radical (unpaired) electrons. The Morgan fingerprint density at radius 2 is 1.81 bits per heavy atom. The molecule has 0 atom stereocenters. The summed E-state index contributed by atoms with van der Waals surface area (Å²) in [5, 5.41) is 26.2. The molecule has 0 saturated heterocycles. The van der Waals surface area contributed by atoms with E-state index in [1.807, 2.05) is 40.8 Å². The quantitative estimate of drug-likeness (QED) is 0.162. The fraction of sp³-hybridized carbons (Fsp3) is 0.100. The molecule has 0 saturated carbocycles. The maximum atomic E-state index is 11.4. The standard InChI is InChI=1S/C20H14BrClIN3O6/c1-31-19-7-11(10-24-12-2-4-14(21)15(22)8-12)6-16(23)20(19)32-18-5-3-13(25(27)28)9-17(18)26(29)30/h2-9,24H,10H2,1H3. The molecule has 9 nitrogen and oxygen atoms in total. The molecular formula is C20H14BrClIN3O6. The molecule has 0 bridgehead atoms. The van der Waals surface area contributed by atoms with E-state index >= 15 is 0 Å². The molecule has 0 amide bonds. The molecule has 3 rings (SSSR count). The van der Waals surface area contributed by atoms with Gasteiger partial charge in [-0.3, -0.25) is 20.2 Å². The van der Waals surface area contributed by atoms with E-state index in [0.29, 0.717) is 20.9 Å². The van der Waals surface area contributed by atoms with Crippen molar-refractivity contribution in [2.24, 2.45) is 0 Å². The van der Waals surface area contributed by atoms with Gasteiger partial charge in [0, 0.05) is 22.8 Å². The lowest BCUT2D eigenvalue weighted by Crippen LogP contribution is -2.02. The lowest BCUT2D eigenvalue weighted by molar-refractivity contribution is -0.394. The number of non-ortho nitro benzene ring substituents is 1. The molecule has 0 aliphatic rings. The highest BCUT2D eigenvalue weighted by atomic mass is 127. The van der Waals surface area contributed by atoms with Gasteiger partial charge in [0.2, 0.25) is 5.75 Å². The molecule has 0 aliphatic carbocycles. The largest absolute Gasteiger partial charge is 0.493 e. The first-order chi connectivity index (χ1) is 15.2. The van der Waals surface area contributed by atoms with Gasteiger partial charge < -0.3 is 14.8 Å². The number of hydrogen-bond acceptors (Lipinski definition) is 7. The topological polar surface area (TPSA) is 117 Å². The molecule has 0 spiro atoms. The highest BCUT2D eigenvalue weighted by Crippen LogP contribution is 2.41. The molecule has 0 aromatic heterocycles. The highest BCUT2D eigenvalue weighted by Gasteiger charge is 2.23. The number of nitro benzene ring substituents is 2. The van der Waals surface area contributed by atoms with Crippen molar-refractivity contribution in [1.82, 2.24) is 0 Å². The average Bonchev–Trinajstić information content (AvgIpc) is 2.75. The van der Waals surface area contributed by atoms with E-state index in [-0.39, 0.29) is 11.5 Å². The number of hydrogen-bond donors (Lipinski definition) is 1. The van der Waals surface area contributed by atoms with Crippen LogP contribution in [0.4, 0.5) is 17.1 Å². The normalized spacial score (nSPS) is 10.5. The van der Waals surface area contributed by atoms with Crippen molar-refractivity contribution < 1.29 is 19.3 Å². The first-order valence-electron chi connectivity index (χ1n) is 8.85. The van der Waals surface area contributed by atoms with E-state index in [4.69, 9.17) is 21.1 Å². The Kier molecular flexibility index (Phi) is 7.74. The predicted octanol–water partition coefficient (Wildman–Crippen LogP) is 6.94. The fourth-order valence-corrected chi connectivity index (χ4v) is 3.95. The SMILES string of the molecule is COc1cc(CNc2ccc(Br)c(Cl)c2)cc(I)c1Oc1ccc([N+](=O)[O-])cc1[N+](=O)[O-]. The van der Waals surface area contributed by atoms with Crippen LogP contribution in [0, 0.1) is 23.8 Å². The van der Waals surface area contributed by atoms with Crippen molar-refractivity contribution in [2.75, 3.05) is 12.4 Å². The molecule has 1 N–H and O–H groups in total. The second-order valence-corrected chi connectivity index (χ2v) is 8.78. The summed E-state index contributed by atoms with van der Waals surface area (Å²) in [5.74, 6) is 0.489. The lowest BCUT2D eigenvalue weighted by atomic mass is 10.2. The van der Waals surface area contributed by atoms with Gasteiger partial charge in [-0.25, -0.2) is 0 Å². The second-order valence-electron chi connectivity index (χ2n) is 6.36. The summed E-state index contributed by atoms with van der Waals surface area (Å²) >= 11 is 11.5. The van der Waals surface area contributed by atoms with E-state index in [1.165, 1.54) is 13.2 Å². The van der Waals surface area contributed by atoms with Gasteiger partial charge in [-0.15, -0.1) is 0 Å². The summed E-state index contributed by atoms with van der Waals surface area (Å²) in [6.45, 7) is 0.461. The van der Waals surface area contributed by atoms with Crippen LogP contribution in [0.3, 0.4) is 0 Å². The summed E-state index contributed by atoms with van der Waals surface area (Å²) in [6.07, 6.45) is 0. The second kappa shape index (κ2) is 10.3. The maximum absolute atomic E-state index is 11.4. The number of nitrogens with zero attached hydrogens (tertiary/aromatic N) is 2. The van der Waals surface area contributed by atoms with Gasteiger partial charge in [-0.2, -0.15) is 0 Å². The van der Waals surface area contributed by atoms with Crippen LogP contribution >= 0.6 is 50.1 Å². The monoisotopic (exact) mass is 633 g/mol. The Labute approximate surface area is 209 Å². The molecular weight excluding hydrogens is 620 g/mol. The van der Waals surface area contributed by atoms with E-state index < -0.39 is 21.2 Å². The molecule has 0 heterocycles. The van der Waals surface area contributed by atoms with E-state index in [2.05, 4.69) is 21.2 Å². The summed E-state index contributed by atoms with van der Waals surface area (Å²) in [6, 6.07) is 12.3. The van der Waals surface area contributed by atoms with Gasteiger partial charge in [-0.05, 0) is 80.5 Å². The van der Waals surface area contributed by atoms with Crippen LogP contribution < -0.4 is 14.8 Å². The first-order valence-corrected chi connectivity index (χ1v) is 11.1. The van der Waals surface area contributed by atoms with Crippen LogP contribution in [-0.2, 0) is 6.54 Å². The fourth-order valence-electron chi connectivity index (χ4n) is 2.74. The number of nitrogens with one attached hydrogen (secondary N) is 1. The Morgan fingerprint density at radius 3 is 2.44 bits per heavy atom. The zero-order chi connectivity index (χ0) is 23.4. The number of ether oxygens (including phenoxy) is 2. The third-order valence-electron chi connectivity index (χ3n) is 4.27. The minimum Gasteiger partial charge on any atom is -0.493 e. The number of anilines is 1. The van der Waals surface area contributed by atoms with Gasteiger partial charge >= 0.3 is 5.69 Å². The van der Waals surface area contributed by atoms with Crippen LogP contribution in [0.25, 0.3) is 0 Å². The Morgan fingerprint density at radius 1 is 1.06 bits per heavy atom.